The normalized spacial score (nSPS) is 11.4. The number of hydrogen-bond acceptors (Lipinski definition) is 5. The molecule has 0 saturated carbocycles. The molecule has 0 aliphatic rings. The molecule has 5 aromatic rings. The van der Waals surface area contributed by atoms with Gasteiger partial charge in [0.15, 0.2) is 5.82 Å². The molecular weight excluding hydrogens is 439 g/mol. The Morgan fingerprint density at radius 3 is 2.63 bits per heavy atom. The molecule has 3 heterocycles. The van der Waals surface area contributed by atoms with Crippen LogP contribution in [0.15, 0.2) is 59.7 Å². The van der Waals surface area contributed by atoms with E-state index in [1.54, 1.807) is 23.0 Å². The van der Waals surface area contributed by atoms with Gasteiger partial charge in [0, 0.05) is 15.6 Å². The van der Waals surface area contributed by atoms with E-state index < -0.39 is 0 Å². The smallest absolute Gasteiger partial charge is 0.271 e. The molecule has 0 spiro atoms. The number of hydrogen-bond donors (Lipinski definition) is 0. The summed E-state index contributed by atoms with van der Waals surface area (Å²) in [4.78, 5) is 27.8. The van der Waals surface area contributed by atoms with Gasteiger partial charge in [-0.15, -0.1) is 11.3 Å². The average molecular weight is 453 g/mol. The second-order valence-electron chi connectivity index (χ2n) is 6.87. The number of aryl methyl sites for hydroxylation is 1. The first-order chi connectivity index (χ1) is 14.5. The quantitative estimate of drug-likeness (QED) is 0.350. The fourth-order valence-electron chi connectivity index (χ4n) is 3.39. The van der Waals surface area contributed by atoms with Crippen molar-refractivity contribution in [3.63, 3.8) is 0 Å². The van der Waals surface area contributed by atoms with E-state index in [4.69, 9.17) is 28.2 Å². The summed E-state index contributed by atoms with van der Waals surface area (Å²) in [7, 11) is 0. The van der Waals surface area contributed by atoms with Crippen LogP contribution < -0.4 is 5.56 Å². The minimum absolute atomic E-state index is 0.130. The summed E-state index contributed by atoms with van der Waals surface area (Å²) < 4.78 is 2.11. The minimum atomic E-state index is -0.130. The lowest BCUT2D eigenvalue weighted by atomic mass is 10.2. The Hall–Kier alpha value is -2.80. The van der Waals surface area contributed by atoms with Crippen LogP contribution in [0.1, 0.15) is 11.3 Å². The molecule has 8 heteroatoms. The van der Waals surface area contributed by atoms with Gasteiger partial charge in [-0.25, -0.2) is 15.0 Å². The topological polar surface area (TPSA) is 60.7 Å². The van der Waals surface area contributed by atoms with Crippen LogP contribution in [0.5, 0.6) is 0 Å². The largest absolute Gasteiger partial charge is 0.293 e. The Morgan fingerprint density at radius 2 is 1.87 bits per heavy atom. The third-order valence-electron chi connectivity index (χ3n) is 4.88. The number of rotatable bonds is 3. The van der Waals surface area contributed by atoms with E-state index in [0.717, 1.165) is 27.0 Å². The molecule has 5 nitrogen and oxygen atoms in total. The molecule has 3 aromatic heterocycles. The second kappa shape index (κ2) is 7.47. The maximum Gasteiger partial charge on any atom is 0.271 e. The predicted octanol–water partition coefficient (Wildman–Crippen LogP) is 5.73. The van der Waals surface area contributed by atoms with E-state index in [1.807, 2.05) is 43.3 Å². The van der Waals surface area contributed by atoms with Crippen LogP contribution in [0.4, 0.5) is 0 Å². The highest BCUT2D eigenvalue weighted by Crippen LogP contribution is 2.32. The van der Waals surface area contributed by atoms with Gasteiger partial charge in [0.25, 0.3) is 5.56 Å². The molecular formula is C22H14Cl2N4OS. The van der Waals surface area contributed by atoms with Crippen LogP contribution in [0.3, 0.4) is 0 Å². The van der Waals surface area contributed by atoms with E-state index in [-0.39, 0.29) is 5.56 Å². The van der Waals surface area contributed by atoms with Gasteiger partial charge in [-0.1, -0.05) is 59.6 Å². The third-order valence-corrected chi connectivity index (χ3v) is 6.52. The Balaban J connectivity index is 1.65. The molecule has 0 bridgehead atoms. The third kappa shape index (κ3) is 3.27. The van der Waals surface area contributed by atoms with E-state index >= 15 is 0 Å². The highest BCUT2D eigenvalue weighted by Gasteiger charge is 2.17. The first-order valence-electron chi connectivity index (χ1n) is 9.17. The van der Waals surface area contributed by atoms with E-state index in [1.165, 1.54) is 11.3 Å². The van der Waals surface area contributed by atoms with Crippen molar-refractivity contribution in [1.29, 1.82) is 0 Å². The summed E-state index contributed by atoms with van der Waals surface area (Å²) in [6.07, 6.45) is 1.55. The fraction of sp³-hybridized carbons (Fsp3) is 0.0909. The van der Waals surface area contributed by atoms with E-state index in [9.17, 15) is 4.79 Å². The van der Waals surface area contributed by atoms with Gasteiger partial charge in [-0.3, -0.25) is 9.36 Å². The van der Waals surface area contributed by atoms with Gasteiger partial charge < -0.3 is 0 Å². The average Bonchev–Trinajstić information content (AvgIpc) is 3.12. The molecule has 0 aliphatic heterocycles. The van der Waals surface area contributed by atoms with Crippen molar-refractivity contribution in [2.75, 3.05) is 0 Å². The van der Waals surface area contributed by atoms with Gasteiger partial charge in [0.05, 0.1) is 29.5 Å². The van der Waals surface area contributed by atoms with Crippen molar-refractivity contribution < 1.29 is 0 Å². The minimum Gasteiger partial charge on any atom is -0.293 e. The molecule has 2 aromatic carbocycles. The van der Waals surface area contributed by atoms with Gasteiger partial charge >= 0.3 is 0 Å². The summed E-state index contributed by atoms with van der Waals surface area (Å²) in [6, 6.07) is 15.0. The van der Waals surface area contributed by atoms with Crippen LogP contribution >= 0.6 is 34.5 Å². The molecule has 0 atom stereocenters. The van der Waals surface area contributed by atoms with Crippen molar-refractivity contribution in [2.45, 2.75) is 13.5 Å². The van der Waals surface area contributed by atoms with Crippen molar-refractivity contribution in [3.8, 4) is 11.4 Å². The van der Waals surface area contributed by atoms with Gasteiger partial charge in [0.2, 0.25) is 0 Å². The summed E-state index contributed by atoms with van der Waals surface area (Å²) in [5.74, 6) is 0.639. The Labute approximate surface area is 185 Å². The van der Waals surface area contributed by atoms with E-state index in [2.05, 4.69) is 9.97 Å². The lowest BCUT2D eigenvalue weighted by molar-refractivity contribution is 0.750. The number of nitrogens with zero attached hydrogens (tertiary/aromatic N) is 4. The standard InChI is InChI=1S/C22H14Cl2N4OS/c1-12-17-18-19(30-21(17)27-20(26-12)13-5-3-2-4-6-13)22(29)28(11-25-18)10-14-7-8-15(23)9-16(14)24/h2-9,11H,10H2,1H3. The summed E-state index contributed by atoms with van der Waals surface area (Å²) in [5.41, 5.74) is 3.04. The van der Waals surface area contributed by atoms with Crippen molar-refractivity contribution in [2.24, 2.45) is 0 Å². The zero-order chi connectivity index (χ0) is 20.8. The van der Waals surface area contributed by atoms with Crippen LogP contribution in [-0.2, 0) is 6.54 Å². The van der Waals surface area contributed by atoms with Crippen molar-refractivity contribution in [3.05, 3.63) is 86.5 Å². The van der Waals surface area contributed by atoms with Crippen LogP contribution in [-0.4, -0.2) is 19.5 Å². The number of aromatic nitrogens is 4. The van der Waals surface area contributed by atoms with Gasteiger partial charge in [-0.05, 0) is 24.6 Å². The predicted molar refractivity (Wildman–Crippen MR) is 123 cm³/mol. The van der Waals surface area contributed by atoms with Gasteiger partial charge in [0.1, 0.15) is 9.53 Å². The van der Waals surface area contributed by atoms with Gasteiger partial charge in [-0.2, -0.15) is 0 Å². The molecule has 0 fully saturated rings. The SMILES string of the molecule is Cc1nc(-c2ccccc2)nc2sc3c(=O)n(Cc4ccc(Cl)cc4Cl)cnc3c12. The Kier molecular flexibility index (Phi) is 4.77. The number of fused-ring (bicyclic) bond motifs is 3. The highest BCUT2D eigenvalue weighted by molar-refractivity contribution is 7.25. The van der Waals surface area contributed by atoms with Crippen LogP contribution in [0, 0.1) is 6.92 Å². The molecule has 0 radical (unpaired) electrons. The molecule has 5 rings (SSSR count). The Bertz CT molecular complexity index is 1480. The first-order valence-corrected chi connectivity index (χ1v) is 10.7. The molecule has 148 valence electrons. The molecule has 0 N–H and O–H groups in total. The molecule has 30 heavy (non-hydrogen) atoms. The molecule has 0 amide bonds. The number of benzene rings is 2. The maximum atomic E-state index is 13.2. The lowest BCUT2D eigenvalue weighted by Crippen LogP contribution is -2.20. The highest BCUT2D eigenvalue weighted by atomic mass is 35.5. The van der Waals surface area contributed by atoms with Crippen LogP contribution in [0.25, 0.3) is 31.8 Å². The number of thiophene rings is 1. The first kappa shape index (κ1) is 19.2. The summed E-state index contributed by atoms with van der Waals surface area (Å²) in [6.45, 7) is 2.23. The maximum absolute atomic E-state index is 13.2. The Morgan fingerprint density at radius 1 is 1.07 bits per heavy atom. The molecule has 0 unspecified atom stereocenters. The number of halogens is 2. The second-order valence-corrected chi connectivity index (χ2v) is 8.71. The lowest BCUT2D eigenvalue weighted by Gasteiger charge is -2.07. The van der Waals surface area contributed by atoms with E-state index in [0.29, 0.717) is 32.6 Å². The molecule has 0 aliphatic carbocycles. The van der Waals surface area contributed by atoms with Crippen molar-refractivity contribution in [1.82, 2.24) is 19.5 Å². The van der Waals surface area contributed by atoms with Crippen LogP contribution in [0.2, 0.25) is 10.0 Å². The monoisotopic (exact) mass is 452 g/mol. The zero-order valence-electron chi connectivity index (χ0n) is 15.8. The fourth-order valence-corrected chi connectivity index (χ4v) is 4.99. The molecule has 0 saturated heterocycles. The summed E-state index contributed by atoms with van der Waals surface area (Å²) in [5, 5.41) is 1.89. The zero-order valence-corrected chi connectivity index (χ0v) is 18.1. The summed E-state index contributed by atoms with van der Waals surface area (Å²) >= 11 is 13.6. The van der Waals surface area contributed by atoms with Crippen molar-refractivity contribution >= 4 is 55.0 Å².